The van der Waals surface area contributed by atoms with E-state index in [9.17, 15) is 0 Å². The standard InChI is InChI=1S/C10H13BrOS/c1-6(2)12-10-8(11)4-7(3)5-9(10)13/h4-6,13H,1-3H3. The van der Waals surface area contributed by atoms with Gasteiger partial charge in [0.1, 0.15) is 5.75 Å². The number of halogens is 1. The number of ether oxygens (including phenoxy) is 1. The molecular weight excluding hydrogens is 248 g/mol. The van der Waals surface area contributed by atoms with E-state index in [-0.39, 0.29) is 6.10 Å². The molecule has 0 bridgehead atoms. The predicted molar refractivity (Wildman–Crippen MR) is 61.9 cm³/mol. The summed E-state index contributed by atoms with van der Waals surface area (Å²) in [5, 5.41) is 0. The van der Waals surface area contributed by atoms with Crippen molar-refractivity contribution in [1.29, 1.82) is 0 Å². The summed E-state index contributed by atoms with van der Waals surface area (Å²) in [6.07, 6.45) is 0.171. The molecule has 1 nitrogen and oxygen atoms in total. The largest absolute Gasteiger partial charge is 0.489 e. The maximum absolute atomic E-state index is 5.61. The zero-order valence-corrected chi connectivity index (χ0v) is 10.4. The van der Waals surface area contributed by atoms with Gasteiger partial charge in [0, 0.05) is 4.90 Å². The van der Waals surface area contributed by atoms with Crippen LogP contribution in [0.25, 0.3) is 0 Å². The summed E-state index contributed by atoms with van der Waals surface area (Å²) < 4.78 is 6.57. The molecule has 0 heterocycles. The first kappa shape index (κ1) is 10.9. The van der Waals surface area contributed by atoms with Crippen molar-refractivity contribution in [1.82, 2.24) is 0 Å². The van der Waals surface area contributed by atoms with E-state index in [1.165, 1.54) is 5.56 Å². The Morgan fingerprint density at radius 2 is 2.00 bits per heavy atom. The van der Waals surface area contributed by atoms with Gasteiger partial charge >= 0.3 is 0 Å². The molecule has 0 atom stereocenters. The highest BCUT2D eigenvalue weighted by molar-refractivity contribution is 9.10. The van der Waals surface area contributed by atoms with Crippen LogP contribution in [0.5, 0.6) is 5.75 Å². The fourth-order valence-corrected chi connectivity index (χ4v) is 2.26. The Bertz CT molecular complexity index is 287. The number of thiol groups is 1. The number of hydrogen-bond acceptors (Lipinski definition) is 2. The zero-order chi connectivity index (χ0) is 10.0. The number of aryl methyl sites for hydroxylation is 1. The van der Waals surface area contributed by atoms with Crippen LogP contribution in [0.4, 0.5) is 0 Å². The van der Waals surface area contributed by atoms with Gasteiger partial charge in [-0.1, -0.05) is 0 Å². The first-order chi connectivity index (χ1) is 6.00. The van der Waals surface area contributed by atoms with Gasteiger partial charge in [0.25, 0.3) is 0 Å². The Hall–Kier alpha value is -0.150. The smallest absolute Gasteiger partial charge is 0.147 e. The molecule has 1 aromatic rings. The molecule has 0 aromatic heterocycles. The molecule has 0 N–H and O–H groups in total. The Kier molecular flexibility index (Phi) is 3.68. The predicted octanol–water partition coefficient (Wildman–Crippen LogP) is 3.83. The Labute approximate surface area is 93.0 Å². The van der Waals surface area contributed by atoms with Crippen molar-refractivity contribution in [2.45, 2.75) is 31.8 Å². The normalized spacial score (nSPS) is 10.6. The lowest BCUT2D eigenvalue weighted by Crippen LogP contribution is -2.06. The van der Waals surface area contributed by atoms with Crippen molar-refractivity contribution in [3.63, 3.8) is 0 Å². The minimum absolute atomic E-state index is 0.171. The highest BCUT2D eigenvalue weighted by Gasteiger charge is 2.08. The molecule has 13 heavy (non-hydrogen) atoms. The van der Waals surface area contributed by atoms with Crippen molar-refractivity contribution >= 4 is 28.6 Å². The van der Waals surface area contributed by atoms with Gasteiger partial charge in [-0.3, -0.25) is 0 Å². The molecule has 0 amide bonds. The molecule has 0 aliphatic heterocycles. The van der Waals surface area contributed by atoms with Crippen molar-refractivity contribution in [3.8, 4) is 5.75 Å². The molecule has 0 spiro atoms. The summed E-state index contributed by atoms with van der Waals surface area (Å²) in [5.74, 6) is 0.823. The summed E-state index contributed by atoms with van der Waals surface area (Å²) in [5.41, 5.74) is 1.17. The lowest BCUT2D eigenvalue weighted by Gasteiger charge is -2.14. The average molecular weight is 261 g/mol. The molecule has 3 heteroatoms. The van der Waals surface area contributed by atoms with Crippen molar-refractivity contribution in [3.05, 3.63) is 22.2 Å². The summed E-state index contributed by atoms with van der Waals surface area (Å²) in [6.45, 7) is 6.03. The van der Waals surface area contributed by atoms with Crippen LogP contribution in [0, 0.1) is 6.92 Å². The van der Waals surface area contributed by atoms with Crippen LogP contribution < -0.4 is 4.74 Å². The quantitative estimate of drug-likeness (QED) is 0.796. The fourth-order valence-electron chi connectivity index (χ4n) is 1.06. The second-order valence-electron chi connectivity index (χ2n) is 3.26. The molecule has 0 unspecified atom stereocenters. The first-order valence-corrected chi connectivity index (χ1v) is 5.40. The lowest BCUT2D eigenvalue weighted by atomic mass is 10.2. The second-order valence-corrected chi connectivity index (χ2v) is 4.60. The maximum atomic E-state index is 5.61. The second kappa shape index (κ2) is 4.38. The average Bonchev–Trinajstić information content (AvgIpc) is 1.96. The molecule has 0 saturated carbocycles. The van der Waals surface area contributed by atoms with Crippen LogP contribution in [-0.2, 0) is 0 Å². The molecule has 0 aliphatic carbocycles. The number of rotatable bonds is 2. The van der Waals surface area contributed by atoms with Crippen molar-refractivity contribution in [2.75, 3.05) is 0 Å². The van der Waals surface area contributed by atoms with Crippen LogP contribution in [-0.4, -0.2) is 6.10 Å². The number of hydrogen-bond donors (Lipinski definition) is 1. The third kappa shape index (κ3) is 2.92. The highest BCUT2D eigenvalue weighted by atomic mass is 79.9. The van der Waals surface area contributed by atoms with Crippen molar-refractivity contribution in [2.24, 2.45) is 0 Å². The first-order valence-electron chi connectivity index (χ1n) is 4.16. The van der Waals surface area contributed by atoms with Crippen LogP contribution in [0.2, 0.25) is 0 Å². The Balaban J connectivity index is 3.06. The van der Waals surface area contributed by atoms with Gasteiger partial charge in [0.15, 0.2) is 0 Å². The number of benzene rings is 1. The molecule has 1 aromatic carbocycles. The van der Waals surface area contributed by atoms with E-state index in [2.05, 4.69) is 28.6 Å². The van der Waals surface area contributed by atoms with Gasteiger partial charge in [-0.2, -0.15) is 0 Å². The molecule has 1 rings (SSSR count). The van der Waals surface area contributed by atoms with Gasteiger partial charge in [-0.05, 0) is 54.4 Å². The summed E-state index contributed by atoms with van der Waals surface area (Å²) in [6, 6.07) is 4.02. The summed E-state index contributed by atoms with van der Waals surface area (Å²) >= 11 is 7.81. The van der Waals surface area contributed by atoms with Gasteiger partial charge in [0.05, 0.1) is 10.6 Å². The minimum Gasteiger partial charge on any atom is -0.489 e. The molecule has 0 fully saturated rings. The van der Waals surface area contributed by atoms with Crippen molar-refractivity contribution < 1.29 is 4.74 Å². The van der Waals surface area contributed by atoms with E-state index in [1.54, 1.807) is 0 Å². The van der Waals surface area contributed by atoms with Crippen LogP contribution in [0.1, 0.15) is 19.4 Å². The Morgan fingerprint density at radius 3 is 2.46 bits per heavy atom. The monoisotopic (exact) mass is 260 g/mol. The van der Waals surface area contributed by atoms with Crippen LogP contribution in [0.3, 0.4) is 0 Å². The molecule has 0 radical (unpaired) electrons. The van der Waals surface area contributed by atoms with Gasteiger partial charge in [-0.25, -0.2) is 0 Å². The third-order valence-electron chi connectivity index (χ3n) is 1.52. The SMILES string of the molecule is Cc1cc(S)c(OC(C)C)c(Br)c1. The van der Waals surface area contributed by atoms with E-state index in [1.807, 2.05) is 32.9 Å². The maximum Gasteiger partial charge on any atom is 0.147 e. The summed E-state index contributed by atoms with van der Waals surface area (Å²) in [7, 11) is 0. The van der Waals surface area contributed by atoms with E-state index in [0.29, 0.717) is 0 Å². The van der Waals surface area contributed by atoms with E-state index < -0.39 is 0 Å². The van der Waals surface area contributed by atoms with Gasteiger partial charge in [0.2, 0.25) is 0 Å². The summed E-state index contributed by atoms with van der Waals surface area (Å²) in [4.78, 5) is 0.876. The Morgan fingerprint density at radius 1 is 1.38 bits per heavy atom. The molecule has 0 aliphatic rings. The molecule has 72 valence electrons. The highest BCUT2D eigenvalue weighted by Crippen LogP contribution is 2.33. The fraction of sp³-hybridized carbons (Fsp3) is 0.400. The molecular formula is C10H13BrOS. The third-order valence-corrected chi connectivity index (χ3v) is 2.44. The topological polar surface area (TPSA) is 9.23 Å². The zero-order valence-electron chi connectivity index (χ0n) is 7.97. The molecule has 0 saturated heterocycles. The van der Waals surface area contributed by atoms with E-state index in [0.717, 1.165) is 15.1 Å². The van der Waals surface area contributed by atoms with E-state index in [4.69, 9.17) is 4.74 Å². The van der Waals surface area contributed by atoms with Gasteiger partial charge < -0.3 is 4.74 Å². The van der Waals surface area contributed by atoms with Crippen LogP contribution >= 0.6 is 28.6 Å². The van der Waals surface area contributed by atoms with Crippen LogP contribution in [0.15, 0.2) is 21.5 Å². The lowest BCUT2D eigenvalue weighted by molar-refractivity contribution is 0.235. The van der Waals surface area contributed by atoms with E-state index >= 15 is 0 Å². The van der Waals surface area contributed by atoms with Gasteiger partial charge in [-0.15, -0.1) is 12.6 Å². The minimum atomic E-state index is 0.171.